The van der Waals surface area contributed by atoms with Crippen molar-refractivity contribution < 1.29 is 8.42 Å². The predicted octanol–water partition coefficient (Wildman–Crippen LogP) is 3.22. The van der Waals surface area contributed by atoms with Gasteiger partial charge in [-0.3, -0.25) is 0 Å². The SMILES string of the molecule is Cc1sc(Br)cc1S(=O)(=O)N1CCCC(CNC(C)C)C1. The molecule has 2 heterocycles. The lowest BCUT2D eigenvalue weighted by Crippen LogP contribution is -2.43. The molecular formula is C14H23BrN2O2S2. The van der Waals surface area contributed by atoms with E-state index in [-0.39, 0.29) is 0 Å². The van der Waals surface area contributed by atoms with Gasteiger partial charge in [-0.1, -0.05) is 13.8 Å². The van der Waals surface area contributed by atoms with Gasteiger partial charge in [-0.15, -0.1) is 11.3 Å². The third-order valence-corrected chi connectivity index (χ3v) is 7.43. The number of thiophene rings is 1. The molecule has 120 valence electrons. The Morgan fingerprint density at radius 1 is 1.52 bits per heavy atom. The average molecular weight is 395 g/mol. The van der Waals surface area contributed by atoms with Gasteiger partial charge in [-0.25, -0.2) is 8.42 Å². The maximum atomic E-state index is 12.8. The molecule has 1 N–H and O–H groups in total. The van der Waals surface area contributed by atoms with E-state index in [2.05, 4.69) is 35.1 Å². The smallest absolute Gasteiger partial charge is 0.244 e. The highest BCUT2D eigenvalue weighted by atomic mass is 79.9. The zero-order valence-corrected chi connectivity index (χ0v) is 15.9. The van der Waals surface area contributed by atoms with Gasteiger partial charge in [0, 0.05) is 24.0 Å². The molecule has 21 heavy (non-hydrogen) atoms. The lowest BCUT2D eigenvalue weighted by Gasteiger charge is -2.32. The van der Waals surface area contributed by atoms with Crippen LogP contribution in [0, 0.1) is 12.8 Å². The number of nitrogens with one attached hydrogen (secondary N) is 1. The van der Waals surface area contributed by atoms with Crippen LogP contribution in [-0.4, -0.2) is 38.4 Å². The molecule has 1 aromatic rings. The number of nitrogens with zero attached hydrogens (tertiary/aromatic N) is 1. The number of piperidine rings is 1. The first kappa shape index (κ1) is 17.4. The van der Waals surface area contributed by atoms with Crippen LogP contribution in [0.25, 0.3) is 0 Å². The van der Waals surface area contributed by atoms with Gasteiger partial charge < -0.3 is 5.32 Å². The van der Waals surface area contributed by atoms with Crippen molar-refractivity contribution in [2.45, 2.75) is 44.6 Å². The Bertz CT molecular complexity index is 584. The molecule has 0 bridgehead atoms. The minimum Gasteiger partial charge on any atom is -0.314 e. The summed E-state index contributed by atoms with van der Waals surface area (Å²) in [6.45, 7) is 8.23. The van der Waals surface area contributed by atoms with Crippen LogP contribution in [0.2, 0.25) is 0 Å². The van der Waals surface area contributed by atoms with E-state index in [1.165, 1.54) is 11.3 Å². The van der Waals surface area contributed by atoms with Gasteiger partial charge in [0.25, 0.3) is 0 Å². The second kappa shape index (κ2) is 7.08. The molecule has 1 fully saturated rings. The summed E-state index contributed by atoms with van der Waals surface area (Å²) >= 11 is 4.85. The average Bonchev–Trinajstić information content (AvgIpc) is 2.76. The van der Waals surface area contributed by atoms with Crippen LogP contribution in [0.4, 0.5) is 0 Å². The van der Waals surface area contributed by atoms with Gasteiger partial charge >= 0.3 is 0 Å². The van der Waals surface area contributed by atoms with Crippen LogP contribution in [0.1, 0.15) is 31.6 Å². The normalized spacial score (nSPS) is 21.1. The molecule has 2 rings (SSSR count). The standard InChI is InChI=1S/C14H23BrN2O2S2/c1-10(2)16-8-12-5-4-6-17(9-12)21(18,19)13-7-14(15)20-11(13)3/h7,10,12,16H,4-6,8-9H2,1-3H3. The Labute approximate surface area is 140 Å². The molecule has 0 saturated carbocycles. The van der Waals surface area contributed by atoms with Crippen molar-refractivity contribution in [2.24, 2.45) is 5.92 Å². The Balaban J connectivity index is 2.11. The van der Waals surface area contributed by atoms with Crippen molar-refractivity contribution >= 4 is 37.3 Å². The van der Waals surface area contributed by atoms with E-state index in [0.29, 0.717) is 29.9 Å². The van der Waals surface area contributed by atoms with E-state index >= 15 is 0 Å². The van der Waals surface area contributed by atoms with Crippen molar-refractivity contribution in [2.75, 3.05) is 19.6 Å². The maximum Gasteiger partial charge on any atom is 0.244 e. The fourth-order valence-electron chi connectivity index (χ4n) is 2.64. The first-order chi connectivity index (χ1) is 9.80. The fourth-order valence-corrected chi connectivity index (χ4v) is 6.58. The van der Waals surface area contributed by atoms with Crippen LogP contribution in [0.5, 0.6) is 0 Å². The molecular weight excluding hydrogens is 372 g/mol. The molecule has 4 nitrogen and oxygen atoms in total. The molecule has 1 atom stereocenters. The van der Waals surface area contributed by atoms with Crippen molar-refractivity contribution in [1.82, 2.24) is 9.62 Å². The number of aryl methyl sites for hydroxylation is 1. The van der Waals surface area contributed by atoms with Crippen LogP contribution in [0.3, 0.4) is 0 Å². The van der Waals surface area contributed by atoms with Crippen molar-refractivity contribution in [1.29, 1.82) is 0 Å². The quantitative estimate of drug-likeness (QED) is 0.833. The van der Waals surface area contributed by atoms with Gasteiger partial charge in [-0.05, 0) is 54.2 Å². The summed E-state index contributed by atoms with van der Waals surface area (Å²) in [4.78, 5) is 1.31. The summed E-state index contributed by atoms with van der Waals surface area (Å²) in [5, 5.41) is 3.42. The van der Waals surface area contributed by atoms with E-state index in [4.69, 9.17) is 0 Å². The topological polar surface area (TPSA) is 49.4 Å². The van der Waals surface area contributed by atoms with Crippen molar-refractivity contribution in [3.63, 3.8) is 0 Å². The molecule has 7 heteroatoms. The van der Waals surface area contributed by atoms with Crippen molar-refractivity contribution in [3.05, 3.63) is 14.7 Å². The van der Waals surface area contributed by atoms with E-state index in [1.807, 2.05) is 6.92 Å². The summed E-state index contributed by atoms with van der Waals surface area (Å²) < 4.78 is 28.1. The summed E-state index contributed by atoms with van der Waals surface area (Å²) in [6, 6.07) is 2.16. The third-order valence-electron chi connectivity index (χ3n) is 3.76. The Kier molecular flexibility index (Phi) is 5.87. The first-order valence-electron chi connectivity index (χ1n) is 7.30. The Morgan fingerprint density at radius 2 is 2.24 bits per heavy atom. The Hall–Kier alpha value is 0.0500. The second-order valence-electron chi connectivity index (χ2n) is 5.91. The molecule has 0 spiro atoms. The zero-order valence-electron chi connectivity index (χ0n) is 12.7. The molecule has 1 saturated heterocycles. The maximum absolute atomic E-state index is 12.8. The third kappa shape index (κ3) is 4.28. The molecule has 1 aromatic heterocycles. The minimum atomic E-state index is -3.36. The van der Waals surface area contributed by atoms with Gasteiger partial charge in [0.15, 0.2) is 0 Å². The van der Waals surface area contributed by atoms with E-state index < -0.39 is 10.0 Å². The molecule has 0 radical (unpaired) electrons. The highest BCUT2D eigenvalue weighted by Gasteiger charge is 2.32. The second-order valence-corrected chi connectivity index (χ2v) is 10.4. The molecule has 0 aromatic carbocycles. The summed E-state index contributed by atoms with van der Waals surface area (Å²) in [6.07, 6.45) is 2.03. The molecule has 0 aliphatic carbocycles. The molecule has 0 amide bonds. The monoisotopic (exact) mass is 394 g/mol. The minimum absolute atomic E-state index is 0.401. The van der Waals surface area contributed by atoms with E-state index in [0.717, 1.165) is 28.0 Å². The zero-order chi connectivity index (χ0) is 15.6. The molecule has 1 unspecified atom stereocenters. The molecule has 1 aliphatic rings. The highest BCUT2D eigenvalue weighted by Crippen LogP contribution is 2.33. The van der Waals surface area contributed by atoms with Gasteiger partial charge in [-0.2, -0.15) is 4.31 Å². The molecule has 1 aliphatic heterocycles. The summed E-state index contributed by atoms with van der Waals surface area (Å²) in [7, 11) is -3.36. The number of hydrogen-bond acceptors (Lipinski definition) is 4. The lowest BCUT2D eigenvalue weighted by molar-refractivity contribution is 0.256. The van der Waals surface area contributed by atoms with Crippen LogP contribution < -0.4 is 5.32 Å². The van der Waals surface area contributed by atoms with Crippen LogP contribution in [-0.2, 0) is 10.0 Å². The van der Waals surface area contributed by atoms with E-state index in [9.17, 15) is 8.42 Å². The van der Waals surface area contributed by atoms with E-state index in [1.54, 1.807) is 10.4 Å². The van der Waals surface area contributed by atoms with Crippen LogP contribution >= 0.6 is 27.3 Å². The fraction of sp³-hybridized carbons (Fsp3) is 0.714. The summed E-state index contributed by atoms with van der Waals surface area (Å²) in [5.74, 6) is 0.401. The number of halogens is 1. The number of hydrogen-bond donors (Lipinski definition) is 1. The lowest BCUT2D eigenvalue weighted by atomic mass is 9.99. The van der Waals surface area contributed by atoms with Gasteiger partial charge in [0.2, 0.25) is 10.0 Å². The number of rotatable bonds is 5. The largest absolute Gasteiger partial charge is 0.314 e. The van der Waals surface area contributed by atoms with Crippen LogP contribution in [0.15, 0.2) is 14.7 Å². The first-order valence-corrected chi connectivity index (χ1v) is 10.3. The number of sulfonamides is 1. The van der Waals surface area contributed by atoms with Crippen molar-refractivity contribution in [3.8, 4) is 0 Å². The van der Waals surface area contributed by atoms with Gasteiger partial charge in [0.05, 0.1) is 8.68 Å². The van der Waals surface area contributed by atoms with Gasteiger partial charge in [0.1, 0.15) is 0 Å². The predicted molar refractivity (Wildman–Crippen MR) is 91.4 cm³/mol. The highest BCUT2D eigenvalue weighted by molar-refractivity contribution is 9.11. The Morgan fingerprint density at radius 3 is 2.81 bits per heavy atom. The summed E-state index contributed by atoms with van der Waals surface area (Å²) in [5.41, 5.74) is 0.